The third-order valence-corrected chi connectivity index (χ3v) is 4.48. The molecular weight excluding hydrogens is 366 g/mol. The first-order chi connectivity index (χ1) is 11.2. The standard InChI is InChI=1S/C16H12ClF4NOS/c1-9(15(23)22-14-5-3-2-4-13(14)18)24-10-6-7-12(17)11(8-10)16(19,20)21/h2-9H,1H3,(H,22,23)/t9-/m0/s1. The molecule has 0 aliphatic heterocycles. The van der Waals surface area contributed by atoms with Crippen LogP contribution in [0.2, 0.25) is 5.02 Å². The maximum atomic E-state index is 13.5. The Morgan fingerprint density at radius 3 is 2.50 bits per heavy atom. The van der Waals surface area contributed by atoms with Gasteiger partial charge in [-0.3, -0.25) is 4.79 Å². The van der Waals surface area contributed by atoms with Crippen molar-refractivity contribution in [2.75, 3.05) is 5.32 Å². The number of rotatable bonds is 4. The highest BCUT2D eigenvalue weighted by molar-refractivity contribution is 8.00. The van der Waals surface area contributed by atoms with Crippen molar-refractivity contribution >= 4 is 35.0 Å². The molecule has 8 heteroatoms. The number of carbonyl (C=O) groups excluding carboxylic acids is 1. The first kappa shape index (κ1) is 18.6. The summed E-state index contributed by atoms with van der Waals surface area (Å²) in [6, 6.07) is 9.06. The van der Waals surface area contributed by atoms with Crippen LogP contribution in [0.3, 0.4) is 0 Å². The number of benzene rings is 2. The predicted molar refractivity (Wildman–Crippen MR) is 86.8 cm³/mol. The van der Waals surface area contributed by atoms with E-state index in [9.17, 15) is 22.4 Å². The van der Waals surface area contributed by atoms with Crippen LogP contribution in [0.1, 0.15) is 12.5 Å². The topological polar surface area (TPSA) is 29.1 Å². The van der Waals surface area contributed by atoms with Crippen molar-refractivity contribution in [1.29, 1.82) is 0 Å². The normalized spacial score (nSPS) is 12.8. The molecule has 1 atom stereocenters. The van der Waals surface area contributed by atoms with E-state index in [4.69, 9.17) is 11.6 Å². The highest BCUT2D eigenvalue weighted by atomic mass is 35.5. The summed E-state index contributed by atoms with van der Waals surface area (Å²) < 4.78 is 52.0. The molecule has 0 heterocycles. The zero-order valence-electron chi connectivity index (χ0n) is 12.3. The summed E-state index contributed by atoms with van der Waals surface area (Å²) in [4.78, 5) is 12.3. The molecule has 0 spiro atoms. The first-order valence-electron chi connectivity index (χ1n) is 6.77. The Balaban J connectivity index is 2.11. The van der Waals surface area contributed by atoms with Crippen LogP contribution in [0.5, 0.6) is 0 Å². The van der Waals surface area contributed by atoms with E-state index in [0.717, 1.165) is 23.9 Å². The number of thioether (sulfide) groups is 1. The smallest absolute Gasteiger partial charge is 0.323 e. The van der Waals surface area contributed by atoms with Crippen molar-refractivity contribution in [2.24, 2.45) is 0 Å². The zero-order chi connectivity index (χ0) is 17.9. The first-order valence-corrected chi connectivity index (χ1v) is 8.03. The van der Waals surface area contributed by atoms with E-state index in [-0.39, 0.29) is 10.6 Å². The van der Waals surface area contributed by atoms with E-state index < -0.39 is 33.7 Å². The molecule has 2 nitrogen and oxygen atoms in total. The molecule has 2 aromatic rings. The van der Waals surface area contributed by atoms with Gasteiger partial charge in [-0.25, -0.2) is 4.39 Å². The summed E-state index contributed by atoms with van der Waals surface area (Å²) in [6.45, 7) is 1.52. The summed E-state index contributed by atoms with van der Waals surface area (Å²) in [7, 11) is 0. The lowest BCUT2D eigenvalue weighted by atomic mass is 10.2. The minimum atomic E-state index is -4.58. The molecule has 0 aliphatic carbocycles. The largest absolute Gasteiger partial charge is 0.417 e. The average Bonchev–Trinajstić information content (AvgIpc) is 2.50. The molecule has 0 unspecified atom stereocenters. The number of hydrogen-bond acceptors (Lipinski definition) is 2. The third-order valence-electron chi connectivity index (χ3n) is 3.06. The Labute approximate surface area is 145 Å². The number of carbonyl (C=O) groups is 1. The lowest BCUT2D eigenvalue weighted by Gasteiger charge is -2.14. The van der Waals surface area contributed by atoms with Crippen molar-refractivity contribution in [3.05, 3.63) is 58.9 Å². The van der Waals surface area contributed by atoms with Crippen molar-refractivity contribution in [2.45, 2.75) is 23.2 Å². The fraction of sp³-hybridized carbons (Fsp3) is 0.188. The minimum absolute atomic E-state index is 0.0158. The highest BCUT2D eigenvalue weighted by Crippen LogP contribution is 2.37. The Kier molecular flexibility index (Phi) is 5.77. The van der Waals surface area contributed by atoms with Crippen LogP contribution in [0.4, 0.5) is 23.2 Å². The fourth-order valence-electron chi connectivity index (χ4n) is 1.85. The molecule has 1 N–H and O–H groups in total. The summed E-state index contributed by atoms with van der Waals surface area (Å²) in [6.07, 6.45) is -4.58. The molecule has 128 valence electrons. The minimum Gasteiger partial charge on any atom is -0.323 e. The van der Waals surface area contributed by atoms with E-state index in [1.54, 1.807) is 6.07 Å². The van der Waals surface area contributed by atoms with Crippen molar-refractivity contribution in [3.63, 3.8) is 0 Å². The lowest BCUT2D eigenvalue weighted by Crippen LogP contribution is -2.23. The molecule has 2 rings (SSSR count). The number of halogens is 5. The number of anilines is 1. The zero-order valence-corrected chi connectivity index (χ0v) is 13.9. The predicted octanol–water partition coefficient (Wildman–Crippen LogP) is 5.62. The van der Waals surface area contributed by atoms with Gasteiger partial charge in [0, 0.05) is 4.90 Å². The lowest BCUT2D eigenvalue weighted by molar-refractivity contribution is -0.137. The van der Waals surface area contributed by atoms with Gasteiger partial charge in [0.2, 0.25) is 5.91 Å². The average molecular weight is 378 g/mol. The second-order valence-electron chi connectivity index (χ2n) is 4.87. The van der Waals surface area contributed by atoms with E-state index in [2.05, 4.69) is 5.32 Å². The van der Waals surface area contributed by atoms with Crippen LogP contribution >= 0.6 is 23.4 Å². The molecule has 1 amide bonds. The number of para-hydroxylation sites is 1. The van der Waals surface area contributed by atoms with Crippen LogP contribution in [-0.4, -0.2) is 11.2 Å². The van der Waals surface area contributed by atoms with Crippen LogP contribution in [0, 0.1) is 5.82 Å². The Morgan fingerprint density at radius 2 is 1.88 bits per heavy atom. The van der Waals surface area contributed by atoms with E-state index >= 15 is 0 Å². The highest BCUT2D eigenvalue weighted by Gasteiger charge is 2.33. The molecule has 2 aromatic carbocycles. The van der Waals surface area contributed by atoms with Crippen molar-refractivity contribution in [3.8, 4) is 0 Å². The number of alkyl halides is 3. The SMILES string of the molecule is C[C@H](Sc1ccc(Cl)c(C(F)(F)F)c1)C(=O)Nc1ccccc1F. The van der Waals surface area contributed by atoms with Gasteiger partial charge in [-0.1, -0.05) is 23.7 Å². The van der Waals surface area contributed by atoms with Gasteiger partial charge in [0.05, 0.1) is 21.5 Å². The molecular formula is C16H12ClF4NOS. The van der Waals surface area contributed by atoms with E-state index in [1.165, 1.54) is 31.2 Å². The second kappa shape index (κ2) is 7.44. The molecule has 0 aliphatic rings. The maximum Gasteiger partial charge on any atom is 0.417 e. The van der Waals surface area contributed by atoms with Gasteiger partial charge >= 0.3 is 6.18 Å². The molecule has 24 heavy (non-hydrogen) atoms. The third kappa shape index (κ3) is 4.64. The number of amides is 1. The summed E-state index contributed by atoms with van der Waals surface area (Å²) in [5.74, 6) is -1.11. The van der Waals surface area contributed by atoms with Crippen molar-refractivity contribution < 1.29 is 22.4 Å². The van der Waals surface area contributed by atoms with Gasteiger partial charge < -0.3 is 5.32 Å². The van der Waals surface area contributed by atoms with Gasteiger partial charge in [0.25, 0.3) is 0 Å². The summed E-state index contributed by atoms with van der Waals surface area (Å²) in [5.41, 5.74) is -0.946. The molecule has 0 saturated carbocycles. The van der Waals surface area contributed by atoms with E-state index in [1.807, 2.05) is 0 Å². The molecule has 0 saturated heterocycles. The summed E-state index contributed by atoms with van der Waals surface area (Å²) in [5, 5.41) is 1.27. The van der Waals surface area contributed by atoms with Gasteiger partial charge in [-0.05, 0) is 37.3 Å². The van der Waals surface area contributed by atoms with Gasteiger partial charge in [-0.2, -0.15) is 13.2 Å². The fourth-order valence-corrected chi connectivity index (χ4v) is 2.98. The van der Waals surface area contributed by atoms with Crippen LogP contribution in [0.25, 0.3) is 0 Å². The molecule has 0 aromatic heterocycles. The number of nitrogens with one attached hydrogen (secondary N) is 1. The second-order valence-corrected chi connectivity index (χ2v) is 6.69. The van der Waals surface area contributed by atoms with Crippen molar-refractivity contribution in [1.82, 2.24) is 0 Å². The maximum absolute atomic E-state index is 13.5. The van der Waals surface area contributed by atoms with Crippen LogP contribution < -0.4 is 5.32 Å². The van der Waals surface area contributed by atoms with Gasteiger partial charge in [0.1, 0.15) is 5.82 Å². The summed E-state index contributed by atoms with van der Waals surface area (Å²) >= 11 is 6.48. The Bertz CT molecular complexity index is 751. The molecule has 0 radical (unpaired) electrons. The van der Waals surface area contributed by atoms with Crippen LogP contribution in [0.15, 0.2) is 47.4 Å². The van der Waals surface area contributed by atoms with E-state index in [0.29, 0.717) is 0 Å². The Hall–Kier alpha value is -1.73. The Morgan fingerprint density at radius 1 is 1.21 bits per heavy atom. The molecule has 0 fully saturated rings. The monoisotopic (exact) mass is 377 g/mol. The number of hydrogen-bond donors (Lipinski definition) is 1. The quantitative estimate of drug-likeness (QED) is 0.553. The van der Waals surface area contributed by atoms with Crippen LogP contribution in [-0.2, 0) is 11.0 Å². The molecule has 0 bridgehead atoms. The van der Waals surface area contributed by atoms with Gasteiger partial charge in [0.15, 0.2) is 0 Å². The van der Waals surface area contributed by atoms with Gasteiger partial charge in [-0.15, -0.1) is 11.8 Å².